The Morgan fingerprint density at radius 3 is 2.07 bits per heavy atom. The van der Waals surface area contributed by atoms with Crippen LogP contribution in [0.3, 0.4) is 0 Å². The summed E-state index contributed by atoms with van der Waals surface area (Å²) in [6, 6.07) is 0. The summed E-state index contributed by atoms with van der Waals surface area (Å²) in [5, 5.41) is 7.49. The number of aliphatic carboxylic acids is 1. The molecule has 0 aromatic rings. The van der Waals surface area contributed by atoms with Crippen molar-refractivity contribution in [1.29, 1.82) is 0 Å². The molecule has 88 valence electrons. The molecule has 0 unspecified atom stereocenters. The molecule has 0 saturated carbocycles. The maximum atomic E-state index is 12.1. The van der Waals surface area contributed by atoms with Crippen molar-refractivity contribution in [2.45, 2.75) is 26.9 Å². The number of carbonyl (C=O) groups is 1. The Kier molecular flexibility index (Phi) is 4.22. The third-order valence-corrected chi connectivity index (χ3v) is 2.70. The van der Waals surface area contributed by atoms with E-state index in [9.17, 15) is 18.0 Å². The summed E-state index contributed by atoms with van der Waals surface area (Å²) in [4.78, 5) is 10.7. The summed E-state index contributed by atoms with van der Waals surface area (Å²) in [6.45, 7) is 4.07. The molecule has 0 fully saturated rings. The predicted molar refractivity (Wildman–Crippen MR) is 50.6 cm³/mol. The first-order valence-corrected chi connectivity index (χ1v) is 4.55. The third-order valence-electron chi connectivity index (χ3n) is 2.36. The molecule has 1 atom stereocenters. The van der Waals surface area contributed by atoms with Crippen LogP contribution >= 0.6 is 11.6 Å². The van der Waals surface area contributed by atoms with Gasteiger partial charge in [0.1, 0.15) is 5.03 Å². The lowest BCUT2D eigenvalue weighted by atomic mass is 9.80. The largest absolute Gasteiger partial charge is 0.481 e. The number of carboxylic acid groups (broad SMARTS) is 1. The Labute approximate surface area is 90.7 Å². The van der Waals surface area contributed by atoms with Crippen molar-refractivity contribution in [2.24, 2.45) is 11.3 Å². The average molecular weight is 245 g/mol. The number of alkyl halides is 3. The molecule has 0 spiro atoms. The Morgan fingerprint density at radius 2 is 1.80 bits per heavy atom. The van der Waals surface area contributed by atoms with E-state index in [0.29, 0.717) is 0 Å². The normalized spacial score (nSPS) is 16.3. The zero-order chi connectivity index (χ0) is 12.4. The minimum atomic E-state index is -4.62. The van der Waals surface area contributed by atoms with Crippen LogP contribution in [0.5, 0.6) is 0 Å². The highest BCUT2D eigenvalue weighted by Crippen LogP contribution is 2.34. The van der Waals surface area contributed by atoms with Crippen molar-refractivity contribution < 1.29 is 23.1 Å². The highest BCUT2D eigenvalue weighted by atomic mass is 35.5. The summed E-state index contributed by atoms with van der Waals surface area (Å²) < 4.78 is 36.2. The van der Waals surface area contributed by atoms with Crippen LogP contribution in [0.4, 0.5) is 13.2 Å². The van der Waals surface area contributed by atoms with Crippen molar-refractivity contribution in [3.05, 3.63) is 11.1 Å². The van der Waals surface area contributed by atoms with Crippen molar-refractivity contribution in [3.8, 4) is 0 Å². The maximum absolute atomic E-state index is 12.1. The van der Waals surface area contributed by atoms with Crippen LogP contribution in [-0.4, -0.2) is 17.3 Å². The van der Waals surface area contributed by atoms with E-state index in [1.54, 1.807) is 0 Å². The monoisotopic (exact) mass is 244 g/mol. The number of halogens is 4. The zero-order valence-corrected chi connectivity index (χ0v) is 9.28. The predicted octanol–water partition coefficient (Wildman–Crippen LogP) is 3.42. The average Bonchev–Trinajstić information content (AvgIpc) is 2.01. The molecule has 0 saturated heterocycles. The number of hydrogen-bond donors (Lipinski definition) is 1. The second-order valence-electron chi connectivity index (χ2n) is 3.83. The van der Waals surface area contributed by atoms with Crippen molar-refractivity contribution >= 4 is 17.6 Å². The van der Waals surface area contributed by atoms with E-state index in [1.807, 2.05) is 0 Å². The van der Waals surface area contributed by atoms with Gasteiger partial charge in [0.25, 0.3) is 0 Å². The standard InChI is InChI=1S/C9H12ClF3O2/c1-5(8(2,3)7(14)15)4-6(10)9(11,12)13/h4-5H,1-3H3,(H,14,15)/b6-4-/t5-/m1/s1. The molecule has 6 heteroatoms. The summed E-state index contributed by atoms with van der Waals surface area (Å²) in [5.41, 5.74) is -1.29. The number of allylic oxidation sites excluding steroid dienone is 2. The summed E-state index contributed by atoms with van der Waals surface area (Å²) in [5.74, 6) is -1.98. The van der Waals surface area contributed by atoms with Crippen molar-refractivity contribution in [1.82, 2.24) is 0 Å². The molecule has 2 nitrogen and oxygen atoms in total. The van der Waals surface area contributed by atoms with E-state index in [2.05, 4.69) is 0 Å². The first kappa shape index (κ1) is 14.3. The second-order valence-corrected chi connectivity index (χ2v) is 4.24. The lowest BCUT2D eigenvalue weighted by Crippen LogP contribution is -2.30. The fraction of sp³-hybridized carbons (Fsp3) is 0.667. The lowest BCUT2D eigenvalue weighted by molar-refractivity contribution is -0.148. The van der Waals surface area contributed by atoms with Gasteiger partial charge in [-0.1, -0.05) is 24.6 Å². The molecule has 0 aliphatic rings. The molecule has 1 N–H and O–H groups in total. The maximum Gasteiger partial charge on any atom is 0.426 e. The molecule has 0 rings (SSSR count). The van der Waals surface area contributed by atoms with E-state index >= 15 is 0 Å². The van der Waals surface area contributed by atoms with E-state index < -0.39 is 28.5 Å². The molecule has 0 radical (unpaired) electrons. The van der Waals surface area contributed by atoms with Gasteiger partial charge in [-0.3, -0.25) is 4.79 Å². The second kappa shape index (κ2) is 4.43. The van der Waals surface area contributed by atoms with E-state index in [0.717, 1.165) is 6.08 Å². The van der Waals surface area contributed by atoms with Gasteiger partial charge in [0, 0.05) is 0 Å². The van der Waals surface area contributed by atoms with Gasteiger partial charge in [-0.15, -0.1) is 0 Å². The Morgan fingerprint density at radius 1 is 1.40 bits per heavy atom. The molecule has 0 aliphatic carbocycles. The fourth-order valence-corrected chi connectivity index (χ4v) is 0.906. The van der Waals surface area contributed by atoms with Crippen LogP contribution < -0.4 is 0 Å². The molecular formula is C9H12ClF3O2. The third kappa shape index (κ3) is 3.74. The molecular weight excluding hydrogens is 233 g/mol. The Bertz CT molecular complexity index is 282. The van der Waals surface area contributed by atoms with Crippen LogP contribution in [0.2, 0.25) is 0 Å². The Hall–Kier alpha value is -0.710. The first-order valence-electron chi connectivity index (χ1n) is 4.17. The van der Waals surface area contributed by atoms with E-state index in [4.69, 9.17) is 16.7 Å². The first-order chi connectivity index (χ1) is 6.49. The Balaban J connectivity index is 4.91. The summed E-state index contributed by atoms with van der Waals surface area (Å²) >= 11 is 5.01. The van der Waals surface area contributed by atoms with Crippen LogP contribution in [-0.2, 0) is 4.79 Å². The molecule has 0 amide bonds. The van der Waals surface area contributed by atoms with E-state index in [1.165, 1.54) is 20.8 Å². The minimum absolute atomic E-state index is 0.718. The van der Waals surface area contributed by atoms with E-state index in [-0.39, 0.29) is 0 Å². The van der Waals surface area contributed by atoms with Crippen LogP contribution in [0.15, 0.2) is 11.1 Å². The van der Waals surface area contributed by atoms with Gasteiger partial charge in [0.15, 0.2) is 0 Å². The molecule has 0 aromatic carbocycles. The molecule has 0 heterocycles. The smallest absolute Gasteiger partial charge is 0.426 e. The van der Waals surface area contributed by atoms with Crippen LogP contribution in [0, 0.1) is 11.3 Å². The van der Waals surface area contributed by atoms with Crippen molar-refractivity contribution in [2.75, 3.05) is 0 Å². The molecule has 15 heavy (non-hydrogen) atoms. The van der Waals surface area contributed by atoms with Crippen LogP contribution in [0.1, 0.15) is 20.8 Å². The zero-order valence-electron chi connectivity index (χ0n) is 8.52. The molecule has 0 aliphatic heterocycles. The fourth-order valence-electron chi connectivity index (χ4n) is 0.717. The summed E-state index contributed by atoms with van der Waals surface area (Å²) in [7, 11) is 0. The summed E-state index contributed by atoms with van der Waals surface area (Å²) in [6.07, 6.45) is -3.90. The highest BCUT2D eigenvalue weighted by molar-refractivity contribution is 6.30. The minimum Gasteiger partial charge on any atom is -0.481 e. The van der Waals surface area contributed by atoms with Gasteiger partial charge in [-0.05, 0) is 19.8 Å². The molecule has 0 bridgehead atoms. The van der Waals surface area contributed by atoms with Crippen molar-refractivity contribution in [3.63, 3.8) is 0 Å². The topological polar surface area (TPSA) is 37.3 Å². The van der Waals surface area contributed by atoms with Gasteiger partial charge >= 0.3 is 12.1 Å². The van der Waals surface area contributed by atoms with Gasteiger partial charge in [0.05, 0.1) is 5.41 Å². The molecule has 0 aromatic heterocycles. The number of rotatable bonds is 3. The lowest BCUT2D eigenvalue weighted by Gasteiger charge is -2.25. The SMILES string of the molecule is C[C@H](/C=C(\Cl)C(F)(F)F)C(C)(C)C(=O)O. The number of carboxylic acids is 1. The van der Waals surface area contributed by atoms with Gasteiger partial charge < -0.3 is 5.11 Å². The van der Waals surface area contributed by atoms with Crippen LogP contribution in [0.25, 0.3) is 0 Å². The van der Waals surface area contributed by atoms with Gasteiger partial charge in [0.2, 0.25) is 0 Å². The quantitative estimate of drug-likeness (QED) is 0.826. The highest BCUT2D eigenvalue weighted by Gasteiger charge is 2.37. The van der Waals surface area contributed by atoms with Gasteiger partial charge in [-0.2, -0.15) is 13.2 Å². The van der Waals surface area contributed by atoms with Gasteiger partial charge in [-0.25, -0.2) is 0 Å². The number of hydrogen-bond acceptors (Lipinski definition) is 1.